The molecule has 114 valence electrons. The van der Waals surface area contributed by atoms with E-state index >= 15 is 0 Å². The van der Waals surface area contributed by atoms with Gasteiger partial charge in [0.15, 0.2) is 5.11 Å². The average molecular weight is 314 g/mol. The van der Waals surface area contributed by atoms with E-state index in [0.29, 0.717) is 23.0 Å². The summed E-state index contributed by atoms with van der Waals surface area (Å²) >= 11 is 5.30. The smallest absolute Gasteiger partial charge is 0.261 e. The maximum Gasteiger partial charge on any atom is 0.261 e. The highest BCUT2D eigenvalue weighted by Gasteiger charge is 2.15. The molecule has 2 aromatic rings. The number of nitrogens with one attached hydrogen (secondary N) is 1. The van der Waals surface area contributed by atoms with Crippen LogP contribution in [0.4, 0.5) is 5.69 Å². The Kier molecular flexibility index (Phi) is 5.49. The summed E-state index contributed by atoms with van der Waals surface area (Å²) in [5.74, 6) is 0.268. The number of ether oxygens (including phenoxy) is 1. The van der Waals surface area contributed by atoms with Gasteiger partial charge in [-0.25, -0.2) is 0 Å². The van der Waals surface area contributed by atoms with Crippen LogP contribution in [-0.4, -0.2) is 24.7 Å². The summed E-state index contributed by atoms with van der Waals surface area (Å²) < 4.78 is 5.47. The number of rotatable bonds is 4. The molecule has 0 aliphatic carbocycles. The highest BCUT2D eigenvalue weighted by atomic mass is 32.1. The molecule has 0 spiro atoms. The number of hydrogen-bond acceptors (Lipinski definition) is 3. The molecule has 5 heteroatoms. The summed E-state index contributed by atoms with van der Waals surface area (Å²) in [5.41, 5.74) is 1.37. The number of nitrogens with zero attached hydrogens (tertiary/aromatic N) is 1. The summed E-state index contributed by atoms with van der Waals surface area (Å²) in [7, 11) is 1.81. The normalized spacial score (nSPS) is 9.91. The zero-order valence-corrected chi connectivity index (χ0v) is 13.4. The molecule has 1 N–H and O–H groups in total. The van der Waals surface area contributed by atoms with Gasteiger partial charge in [0.25, 0.3) is 5.91 Å². The fourth-order valence-electron chi connectivity index (χ4n) is 1.95. The van der Waals surface area contributed by atoms with Crippen molar-refractivity contribution in [1.29, 1.82) is 0 Å². The first-order valence-electron chi connectivity index (χ1n) is 6.99. The van der Waals surface area contributed by atoms with E-state index < -0.39 is 0 Å². The lowest BCUT2D eigenvalue weighted by Gasteiger charge is -2.20. The molecular formula is C17H18N2O2S. The molecule has 4 nitrogen and oxygen atoms in total. The van der Waals surface area contributed by atoms with Crippen LogP contribution in [0.1, 0.15) is 17.3 Å². The standard InChI is InChI=1S/C17H18N2O2S/c1-3-21-15-12-8-7-11-14(15)16(20)18-17(22)19(2)13-9-5-4-6-10-13/h4-12H,3H2,1-2H3,(H,18,20,22). The van der Waals surface area contributed by atoms with Gasteiger partial charge in [0.1, 0.15) is 5.75 Å². The zero-order valence-electron chi connectivity index (χ0n) is 12.6. The van der Waals surface area contributed by atoms with Gasteiger partial charge in [-0.1, -0.05) is 30.3 Å². The lowest BCUT2D eigenvalue weighted by molar-refractivity contribution is 0.0973. The minimum atomic E-state index is -0.281. The van der Waals surface area contributed by atoms with Crippen LogP contribution in [0.15, 0.2) is 54.6 Å². The van der Waals surface area contributed by atoms with E-state index in [0.717, 1.165) is 5.69 Å². The number of carbonyl (C=O) groups is 1. The minimum Gasteiger partial charge on any atom is -0.493 e. The summed E-state index contributed by atoms with van der Waals surface area (Å²) in [6.45, 7) is 2.38. The largest absolute Gasteiger partial charge is 0.493 e. The first kappa shape index (κ1) is 16.0. The van der Waals surface area contributed by atoms with Crippen molar-refractivity contribution in [3.05, 3.63) is 60.2 Å². The van der Waals surface area contributed by atoms with Gasteiger partial charge in [-0.15, -0.1) is 0 Å². The second-order valence-corrected chi connectivity index (χ2v) is 4.97. The summed E-state index contributed by atoms with van der Waals surface area (Å²) in [6, 6.07) is 16.7. The third-order valence-electron chi connectivity index (χ3n) is 3.10. The maximum absolute atomic E-state index is 12.4. The Hall–Kier alpha value is -2.40. The van der Waals surface area contributed by atoms with Crippen molar-refractivity contribution >= 4 is 28.9 Å². The van der Waals surface area contributed by atoms with Gasteiger partial charge < -0.3 is 9.64 Å². The van der Waals surface area contributed by atoms with E-state index in [1.54, 1.807) is 23.1 Å². The van der Waals surface area contributed by atoms with Gasteiger partial charge in [-0.3, -0.25) is 10.1 Å². The lowest BCUT2D eigenvalue weighted by atomic mass is 10.2. The van der Waals surface area contributed by atoms with Crippen LogP contribution < -0.4 is 15.0 Å². The van der Waals surface area contributed by atoms with E-state index in [1.165, 1.54) is 0 Å². The zero-order chi connectivity index (χ0) is 15.9. The summed E-state index contributed by atoms with van der Waals surface area (Å²) in [6.07, 6.45) is 0. The maximum atomic E-state index is 12.4. The molecule has 0 atom stereocenters. The molecule has 2 rings (SSSR count). The Labute approximate surface area is 135 Å². The molecule has 22 heavy (non-hydrogen) atoms. The van der Waals surface area contributed by atoms with Crippen LogP contribution in [0.25, 0.3) is 0 Å². The third kappa shape index (κ3) is 3.83. The molecule has 0 unspecified atom stereocenters. The SMILES string of the molecule is CCOc1ccccc1C(=O)NC(=S)N(C)c1ccccc1. The van der Waals surface area contributed by atoms with Crippen molar-refractivity contribution in [2.24, 2.45) is 0 Å². The highest BCUT2D eigenvalue weighted by Crippen LogP contribution is 2.18. The van der Waals surface area contributed by atoms with Crippen molar-refractivity contribution in [3.8, 4) is 5.75 Å². The predicted octanol–water partition coefficient (Wildman–Crippen LogP) is 3.24. The van der Waals surface area contributed by atoms with Crippen LogP contribution in [0, 0.1) is 0 Å². The molecule has 2 aromatic carbocycles. The molecule has 0 saturated heterocycles. The van der Waals surface area contributed by atoms with Gasteiger partial charge in [-0.05, 0) is 43.4 Å². The Bertz CT molecular complexity index is 659. The molecular weight excluding hydrogens is 296 g/mol. The van der Waals surface area contributed by atoms with E-state index in [9.17, 15) is 4.79 Å². The Balaban J connectivity index is 2.10. The van der Waals surface area contributed by atoms with Crippen LogP contribution >= 0.6 is 12.2 Å². The van der Waals surface area contributed by atoms with Gasteiger partial charge in [-0.2, -0.15) is 0 Å². The molecule has 0 aliphatic heterocycles. The molecule has 0 fully saturated rings. The topological polar surface area (TPSA) is 41.6 Å². The monoisotopic (exact) mass is 314 g/mol. The predicted molar refractivity (Wildman–Crippen MR) is 92.5 cm³/mol. The summed E-state index contributed by atoms with van der Waals surface area (Å²) in [4.78, 5) is 14.1. The van der Waals surface area contributed by atoms with Crippen molar-refractivity contribution in [2.75, 3.05) is 18.6 Å². The van der Waals surface area contributed by atoms with Crippen molar-refractivity contribution in [1.82, 2.24) is 5.32 Å². The molecule has 0 saturated carbocycles. The molecule has 1 amide bonds. The Morgan fingerprint density at radius 1 is 1.14 bits per heavy atom. The molecule has 0 heterocycles. The van der Waals surface area contributed by atoms with Gasteiger partial charge in [0, 0.05) is 12.7 Å². The molecule has 0 aliphatic rings. The van der Waals surface area contributed by atoms with Crippen molar-refractivity contribution < 1.29 is 9.53 Å². The molecule has 0 bridgehead atoms. The Morgan fingerprint density at radius 3 is 2.45 bits per heavy atom. The number of carbonyl (C=O) groups excluding carboxylic acids is 1. The quantitative estimate of drug-likeness (QED) is 0.880. The first-order valence-corrected chi connectivity index (χ1v) is 7.40. The number of para-hydroxylation sites is 2. The van der Waals surface area contributed by atoms with Gasteiger partial charge >= 0.3 is 0 Å². The number of amides is 1. The van der Waals surface area contributed by atoms with Gasteiger partial charge in [0.05, 0.1) is 12.2 Å². The number of thiocarbonyl (C=S) groups is 1. The van der Waals surface area contributed by atoms with Crippen molar-refractivity contribution in [2.45, 2.75) is 6.92 Å². The first-order chi connectivity index (χ1) is 10.6. The van der Waals surface area contributed by atoms with Crippen LogP contribution in [0.3, 0.4) is 0 Å². The van der Waals surface area contributed by atoms with Gasteiger partial charge in [0.2, 0.25) is 0 Å². The van der Waals surface area contributed by atoms with E-state index in [4.69, 9.17) is 17.0 Å². The fourth-order valence-corrected chi connectivity index (χ4v) is 2.15. The average Bonchev–Trinajstić information content (AvgIpc) is 2.55. The van der Waals surface area contributed by atoms with Crippen LogP contribution in [0.5, 0.6) is 5.75 Å². The number of benzene rings is 2. The number of hydrogen-bond donors (Lipinski definition) is 1. The molecule has 0 radical (unpaired) electrons. The molecule has 0 aromatic heterocycles. The lowest BCUT2D eigenvalue weighted by Crippen LogP contribution is -2.40. The van der Waals surface area contributed by atoms with E-state index in [-0.39, 0.29) is 5.91 Å². The highest BCUT2D eigenvalue weighted by molar-refractivity contribution is 7.80. The van der Waals surface area contributed by atoms with E-state index in [1.807, 2.05) is 50.4 Å². The fraction of sp³-hybridized carbons (Fsp3) is 0.176. The minimum absolute atomic E-state index is 0.281. The van der Waals surface area contributed by atoms with E-state index in [2.05, 4.69) is 5.32 Å². The number of anilines is 1. The second kappa shape index (κ2) is 7.56. The van der Waals surface area contributed by atoms with Crippen LogP contribution in [0.2, 0.25) is 0 Å². The van der Waals surface area contributed by atoms with Crippen LogP contribution in [-0.2, 0) is 0 Å². The third-order valence-corrected chi connectivity index (χ3v) is 3.48. The second-order valence-electron chi connectivity index (χ2n) is 4.58. The Morgan fingerprint density at radius 2 is 1.77 bits per heavy atom. The summed E-state index contributed by atoms with van der Waals surface area (Å²) in [5, 5.41) is 3.07. The van der Waals surface area contributed by atoms with Crippen molar-refractivity contribution in [3.63, 3.8) is 0 Å².